The number of nitrogens with two attached hydrogens (primary N) is 1. The lowest BCUT2D eigenvalue weighted by molar-refractivity contribution is -0.108. The third kappa shape index (κ3) is 5.95. The number of carbonyl (C=O) groups excluding carboxylic acids is 1. The molecular weight excluding hydrogens is 322 g/mol. The number of aromatic nitrogens is 1. The molecule has 0 radical (unpaired) electrons. The van der Waals surface area contributed by atoms with Gasteiger partial charge < -0.3 is 10.5 Å². The van der Waals surface area contributed by atoms with Crippen LogP contribution in [0.5, 0.6) is 0 Å². The zero-order valence-corrected chi connectivity index (χ0v) is 16.3. The van der Waals surface area contributed by atoms with E-state index in [0.29, 0.717) is 12.4 Å². The molecule has 1 aromatic heterocycles. The number of anilines is 1. The van der Waals surface area contributed by atoms with E-state index < -0.39 is 0 Å². The molecule has 0 fully saturated rings. The zero-order valence-electron chi connectivity index (χ0n) is 16.3. The Morgan fingerprint density at radius 3 is 2.46 bits per heavy atom. The lowest BCUT2D eigenvalue weighted by Crippen LogP contribution is -2.19. The van der Waals surface area contributed by atoms with Crippen LogP contribution >= 0.6 is 0 Å². The van der Waals surface area contributed by atoms with Crippen molar-refractivity contribution in [2.75, 3.05) is 19.3 Å². The Balaban J connectivity index is 2.07. The Morgan fingerprint density at radius 1 is 1.12 bits per heavy atom. The van der Waals surface area contributed by atoms with Crippen molar-refractivity contribution in [3.63, 3.8) is 0 Å². The van der Waals surface area contributed by atoms with Crippen LogP contribution in [0, 0.1) is 6.92 Å². The van der Waals surface area contributed by atoms with Crippen molar-refractivity contribution < 1.29 is 4.79 Å². The van der Waals surface area contributed by atoms with E-state index in [1.165, 1.54) is 35.1 Å². The molecule has 0 aliphatic carbocycles. The molecule has 26 heavy (non-hydrogen) atoms. The number of aldehydes is 1. The number of hydrogen-bond donors (Lipinski definition) is 1. The fourth-order valence-corrected chi connectivity index (χ4v) is 3.14. The number of hydrogen-bond acceptors (Lipinski definition) is 4. The highest BCUT2D eigenvalue weighted by Crippen LogP contribution is 2.20. The lowest BCUT2D eigenvalue weighted by Gasteiger charge is -2.14. The summed E-state index contributed by atoms with van der Waals surface area (Å²) in [6.07, 6.45) is 6.40. The van der Waals surface area contributed by atoms with E-state index in [9.17, 15) is 4.79 Å². The molecule has 0 atom stereocenters. The van der Waals surface area contributed by atoms with Crippen LogP contribution < -0.4 is 5.73 Å². The molecule has 0 unspecified atom stereocenters. The number of rotatable bonds is 10. The molecule has 0 amide bonds. The van der Waals surface area contributed by atoms with Crippen molar-refractivity contribution in [3.8, 4) is 0 Å². The van der Waals surface area contributed by atoms with Gasteiger partial charge in [0, 0.05) is 12.2 Å². The predicted molar refractivity (Wildman–Crippen MR) is 108 cm³/mol. The summed E-state index contributed by atoms with van der Waals surface area (Å²) in [6, 6.07) is 10.8. The molecule has 2 N–H and O–H groups in total. The highest BCUT2D eigenvalue weighted by atomic mass is 16.1. The molecule has 0 saturated carbocycles. The van der Waals surface area contributed by atoms with Gasteiger partial charge in [-0.15, -0.1) is 0 Å². The van der Waals surface area contributed by atoms with Crippen LogP contribution in [-0.4, -0.2) is 29.8 Å². The topological polar surface area (TPSA) is 59.2 Å². The average Bonchev–Trinajstić information content (AvgIpc) is 2.60. The minimum Gasteiger partial charge on any atom is -0.383 e. The number of benzene rings is 1. The Kier molecular flexibility index (Phi) is 7.79. The highest BCUT2D eigenvalue weighted by Gasteiger charge is 2.08. The van der Waals surface area contributed by atoms with Gasteiger partial charge in [0.05, 0.1) is 6.54 Å². The van der Waals surface area contributed by atoms with Crippen LogP contribution in [0.15, 0.2) is 30.3 Å². The van der Waals surface area contributed by atoms with Crippen molar-refractivity contribution in [1.82, 2.24) is 9.88 Å². The van der Waals surface area contributed by atoms with Crippen molar-refractivity contribution in [3.05, 3.63) is 58.3 Å². The van der Waals surface area contributed by atoms with Crippen LogP contribution in [0.3, 0.4) is 0 Å². The fraction of sp³-hybridized carbons (Fsp3) is 0.455. The second-order valence-electron chi connectivity index (χ2n) is 7.09. The molecule has 2 aromatic rings. The maximum Gasteiger partial charge on any atom is 0.133 e. The number of nitrogen functional groups attached to an aromatic ring is 1. The van der Waals surface area contributed by atoms with Gasteiger partial charge in [0.2, 0.25) is 0 Å². The normalized spacial score (nSPS) is 11.1. The van der Waals surface area contributed by atoms with E-state index in [-0.39, 0.29) is 0 Å². The molecule has 4 heteroatoms. The SMILES string of the molecule is CCCCCc1cc(Cc2ccc(CN(C)CC=O)cc2)c(C)nc1N. The quantitative estimate of drug-likeness (QED) is 0.519. The molecule has 1 heterocycles. The maximum atomic E-state index is 10.6. The Labute approximate surface area is 157 Å². The molecular formula is C22H31N3O. The van der Waals surface area contributed by atoms with Gasteiger partial charge in [-0.05, 0) is 55.5 Å². The maximum absolute atomic E-state index is 10.6. The average molecular weight is 354 g/mol. The second-order valence-corrected chi connectivity index (χ2v) is 7.09. The fourth-order valence-electron chi connectivity index (χ4n) is 3.14. The number of unbranched alkanes of at least 4 members (excludes halogenated alkanes) is 2. The van der Waals surface area contributed by atoms with Crippen LogP contribution in [0.25, 0.3) is 0 Å². The van der Waals surface area contributed by atoms with E-state index >= 15 is 0 Å². The zero-order chi connectivity index (χ0) is 18.9. The minimum absolute atomic E-state index is 0.457. The minimum atomic E-state index is 0.457. The largest absolute Gasteiger partial charge is 0.383 e. The smallest absolute Gasteiger partial charge is 0.133 e. The van der Waals surface area contributed by atoms with E-state index in [2.05, 4.69) is 42.2 Å². The molecule has 2 rings (SSSR count). The number of likely N-dealkylation sites (N-methyl/N-ethyl adjacent to an activating group) is 1. The summed E-state index contributed by atoms with van der Waals surface area (Å²) in [4.78, 5) is 17.1. The number of carbonyl (C=O) groups is 1. The molecule has 0 saturated heterocycles. The van der Waals surface area contributed by atoms with Gasteiger partial charge in [0.1, 0.15) is 12.1 Å². The number of aryl methyl sites for hydroxylation is 2. The summed E-state index contributed by atoms with van der Waals surface area (Å²) in [7, 11) is 1.95. The van der Waals surface area contributed by atoms with Crippen molar-refractivity contribution in [2.24, 2.45) is 0 Å². The number of nitrogens with zero attached hydrogens (tertiary/aromatic N) is 2. The van der Waals surface area contributed by atoms with Crippen LogP contribution in [0.1, 0.15) is 54.1 Å². The van der Waals surface area contributed by atoms with Crippen molar-refractivity contribution in [2.45, 2.75) is 52.5 Å². The third-order valence-electron chi connectivity index (χ3n) is 4.74. The molecule has 0 aliphatic heterocycles. The molecule has 1 aromatic carbocycles. The molecule has 4 nitrogen and oxygen atoms in total. The Hall–Kier alpha value is -2.20. The summed E-state index contributed by atoms with van der Waals surface area (Å²) in [5.74, 6) is 0.677. The van der Waals surface area contributed by atoms with Gasteiger partial charge >= 0.3 is 0 Å². The van der Waals surface area contributed by atoms with E-state index in [1.54, 1.807) is 0 Å². The lowest BCUT2D eigenvalue weighted by atomic mass is 9.99. The molecule has 0 spiro atoms. The first kappa shape index (κ1) is 20.1. The van der Waals surface area contributed by atoms with Crippen LogP contribution in [0.4, 0.5) is 5.82 Å². The summed E-state index contributed by atoms with van der Waals surface area (Å²) in [5.41, 5.74) is 12.0. The Bertz CT molecular complexity index is 710. The van der Waals surface area contributed by atoms with Crippen LogP contribution in [0.2, 0.25) is 0 Å². The second kappa shape index (κ2) is 10.1. The molecule has 140 valence electrons. The first-order valence-electron chi connectivity index (χ1n) is 9.48. The Morgan fingerprint density at radius 2 is 1.81 bits per heavy atom. The van der Waals surface area contributed by atoms with Crippen molar-refractivity contribution >= 4 is 12.1 Å². The summed E-state index contributed by atoms with van der Waals surface area (Å²) >= 11 is 0. The monoisotopic (exact) mass is 353 g/mol. The van der Waals surface area contributed by atoms with E-state index in [0.717, 1.165) is 37.8 Å². The summed E-state index contributed by atoms with van der Waals surface area (Å²) in [6.45, 7) is 5.48. The van der Waals surface area contributed by atoms with Gasteiger partial charge in [0.15, 0.2) is 0 Å². The van der Waals surface area contributed by atoms with Gasteiger partial charge in [-0.3, -0.25) is 4.90 Å². The highest BCUT2D eigenvalue weighted by molar-refractivity contribution is 5.51. The molecule has 0 aliphatic rings. The van der Waals surface area contributed by atoms with Crippen LogP contribution in [-0.2, 0) is 24.2 Å². The first-order valence-corrected chi connectivity index (χ1v) is 9.48. The van der Waals surface area contributed by atoms with Gasteiger partial charge in [-0.1, -0.05) is 50.1 Å². The summed E-state index contributed by atoms with van der Waals surface area (Å²) in [5, 5.41) is 0. The summed E-state index contributed by atoms with van der Waals surface area (Å²) < 4.78 is 0. The predicted octanol–water partition coefficient (Wildman–Crippen LogP) is 3.93. The van der Waals surface area contributed by atoms with Crippen molar-refractivity contribution in [1.29, 1.82) is 0 Å². The molecule has 0 bridgehead atoms. The third-order valence-corrected chi connectivity index (χ3v) is 4.74. The standard InChI is InChI=1S/C22H31N3O/c1-4-5-6-7-20-15-21(17(2)24-22(20)23)14-18-8-10-19(11-9-18)16-25(3)12-13-26/h8-11,13,15H,4-7,12,14,16H2,1-3H3,(H2,23,24). The van der Waals surface area contributed by atoms with E-state index in [1.807, 2.05) is 18.9 Å². The van der Waals surface area contributed by atoms with E-state index in [4.69, 9.17) is 5.73 Å². The van der Waals surface area contributed by atoms with Gasteiger partial charge in [0.25, 0.3) is 0 Å². The number of pyridine rings is 1. The van der Waals surface area contributed by atoms with Gasteiger partial charge in [-0.25, -0.2) is 4.98 Å². The first-order chi connectivity index (χ1) is 12.5. The van der Waals surface area contributed by atoms with Gasteiger partial charge in [-0.2, -0.15) is 0 Å².